The summed E-state index contributed by atoms with van der Waals surface area (Å²) in [5, 5.41) is 6.72. The first-order chi connectivity index (χ1) is 9.15. The second kappa shape index (κ2) is 8.25. The van der Waals surface area contributed by atoms with E-state index in [1.165, 1.54) is 0 Å². The van der Waals surface area contributed by atoms with E-state index in [1.807, 2.05) is 18.8 Å². The standard InChI is InChI=1S/C14H26N4S/c1-6-8-12-17-13(15-4)10(3)14(18-12)16-11(7-2)9-19-5/h11H,6-9H2,1-5H3,(H2,15,16,17,18). The number of hydrogen-bond acceptors (Lipinski definition) is 5. The Kier molecular flexibility index (Phi) is 6.99. The molecule has 0 spiro atoms. The Morgan fingerprint density at radius 1 is 1.21 bits per heavy atom. The van der Waals surface area contributed by atoms with E-state index in [0.717, 1.165) is 48.0 Å². The van der Waals surface area contributed by atoms with Crippen LogP contribution in [0.1, 0.15) is 38.1 Å². The lowest BCUT2D eigenvalue weighted by molar-refractivity contribution is 0.759. The summed E-state index contributed by atoms with van der Waals surface area (Å²) in [6.07, 6.45) is 5.22. The van der Waals surface area contributed by atoms with E-state index in [0.29, 0.717) is 6.04 Å². The van der Waals surface area contributed by atoms with Crippen LogP contribution in [-0.2, 0) is 6.42 Å². The molecule has 19 heavy (non-hydrogen) atoms. The van der Waals surface area contributed by atoms with E-state index in [-0.39, 0.29) is 0 Å². The van der Waals surface area contributed by atoms with Crippen LogP contribution in [0.3, 0.4) is 0 Å². The van der Waals surface area contributed by atoms with Crippen molar-refractivity contribution < 1.29 is 0 Å². The Balaban J connectivity index is 2.99. The van der Waals surface area contributed by atoms with Gasteiger partial charge in [0.1, 0.15) is 17.5 Å². The number of aromatic nitrogens is 2. The van der Waals surface area contributed by atoms with Crippen LogP contribution >= 0.6 is 11.8 Å². The van der Waals surface area contributed by atoms with Crippen molar-refractivity contribution in [2.45, 2.75) is 46.1 Å². The van der Waals surface area contributed by atoms with E-state index in [1.54, 1.807) is 0 Å². The summed E-state index contributed by atoms with van der Waals surface area (Å²) < 4.78 is 0. The summed E-state index contributed by atoms with van der Waals surface area (Å²) in [5.41, 5.74) is 1.10. The van der Waals surface area contributed by atoms with Crippen molar-refractivity contribution in [3.8, 4) is 0 Å². The minimum Gasteiger partial charge on any atom is -0.373 e. The number of rotatable bonds is 8. The van der Waals surface area contributed by atoms with Gasteiger partial charge < -0.3 is 10.6 Å². The number of thioether (sulfide) groups is 1. The van der Waals surface area contributed by atoms with Crippen molar-refractivity contribution in [2.75, 3.05) is 29.7 Å². The van der Waals surface area contributed by atoms with Crippen molar-refractivity contribution >= 4 is 23.4 Å². The lowest BCUT2D eigenvalue weighted by atomic mass is 10.2. The second-order valence-corrected chi connectivity index (χ2v) is 5.58. The summed E-state index contributed by atoms with van der Waals surface area (Å²) in [7, 11) is 1.91. The molecule has 0 fully saturated rings. The molecule has 5 heteroatoms. The van der Waals surface area contributed by atoms with Crippen LogP contribution in [0.2, 0.25) is 0 Å². The molecular formula is C14H26N4S. The van der Waals surface area contributed by atoms with Gasteiger partial charge in [-0.3, -0.25) is 0 Å². The SMILES string of the molecule is CCCc1nc(NC)c(C)c(NC(CC)CSC)n1. The Hall–Kier alpha value is -0.970. The lowest BCUT2D eigenvalue weighted by Gasteiger charge is -2.19. The monoisotopic (exact) mass is 282 g/mol. The minimum atomic E-state index is 0.461. The molecule has 1 rings (SSSR count). The molecule has 0 amide bonds. The summed E-state index contributed by atoms with van der Waals surface area (Å²) >= 11 is 1.86. The van der Waals surface area contributed by atoms with E-state index < -0.39 is 0 Å². The molecule has 0 bridgehead atoms. The molecule has 4 nitrogen and oxygen atoms in total. The summed E-state index contributed by atoms with van der Waals surface area (Å²) in [5.74, 6) is 3.92. The van der Waals surface area contributed by atoms with Gasteiger partial charge in [-0.2, -0.15) is 11.8 Å². The maximum Gasteiger partial charge on any atom is 0.135 e. The molecule has 1 aromatic heterocycles. The number of nitrogens with zero attached hydrogens (tertiary/aromatic N) is 2. The van der Waals surface area contributed by atoms with Gasteiger partial charge in [0.15, 0.2) is 0 Å². The van der Waals surface area contributed by atoms with E-state index >= 15 is 0 Å². The van der Waals surface area contributed by atoms with Crippen LogP contribution in [0, 0.1) is 6.92 Å². The molecule has 0 aliphatic carbocycles. The third-order valence-electron chi connectivity index (χ3n) is 3.10. The van der Waals surface area contributed by atoms with E-state index in [4.69, 9.17) is 0 Å². The van der Waals surface area contributed by atoms with Crippen LogP contribution in [0.5, 0.6) is 0 Å². The van der Waals surface area contributed by atoms with Gasteiger partial charge in [-0.15, -0.1) is 0 Å². The molecule has 0 saturated carbocycles. The predicted octanol–water partition coefficient (Wildman–Crippen LogP) is 3.33. The smallest absolute Gasteiger partial charge is 0.135 e. The van der Waals surface area contributed by atoms with Crippen molar-refractivity contribution in [2.24, 2.45) is 0 Å². The van der Waals surface area contributed by atoms with Crippen molar-refractivity contribution in [3.05, 3.63) is 11.4 Å². The van der Waals surface area contributed by atoms with Gasteiger partial charge in [0.2, 0.25) is 0 Å². The Morgan fingerprint density at radius 3 is 2.42 bits per heavy atom. The highest BCUT2D eigenvalue weighted by molar-refractivity contribution is 7.98. The quantitative estimate of drug-likeness (QED) is 0.766. The molecule has 2 N–H and O–H groups in total. The number of aryl methyl sites for hydroxylation is 1. The van der Waals surface area contributed by atoms with E-state index in [9.17, 15) is 0 Å². The predicted molar refractivity (Wildman–Crippen MR) is 86.4 cm³/mol. The van der Waals surface area contributed by atoms with Gasteiger partial charge in [-0.05, 0) is 26.0 Å². The summed E-state index contributed by atoms with van der Waals surface area (Å²) in [6.45, 7) is 6.42. The molecule has 0 aliphatic heterocycles. The van der Waals surface area contributed by atoms with Gasteiger partial charge in [0.05, 0.1) is 0 Å². The third kappa shape index (κ3) is 4.56. The maximum absolute atomic E-state index is 4.67. The first kappa shape index (κ1) is 16.1. The average Bonchev–Trinajstić information content (AvgIpc) is 2.41. The molecule has 0 saturated heterocycles. The molecule has 1 atom stereocenters. The molecule has 1 aromatic rings. The normalized spacial score (nSPS) is 12.3. The van der Waals surface area contributed by atoms with Gasteiger partial charge in [-0.25, -0.2) is 9.97 Å². The zero-order valence-corrected chi connectivity index (χ0v) is 13.5. The van der Waals surface area contributed by atoms with Crippen LogP contribution in [0.25, 0.3) is 0 Å². The van der Waals surface area contributed by atoms with Crippen LogP contribution in [0.15, 0.2) is 0 Å². The first-order valence-corrected chi connectivity index (χ1v) is 8.36. The Morgan fingerprint density at radius 2 is 1.89 bits per heavy atom. The lowest BCUT2D eigenvalue weighted by Crippen LogP contribution is -2.23. The highest BCUT2D eigenvalue weighted by Crippen LogP contribution is 2.21. The second-order valence-electron chi connectivity index (χ2n) is 4.67. The first-order valence-electron chi connectivity index (χ1n) is 6.96. The van der Waals surface area contributed by atoms with Crippen molar-refractivity contribution in [3.63, 3.8) is 0 Å². The third-order valence-corrected chi connectivity index (χ3v) is 3.84. The highest BCUT2D eigenvalue weighted by Gasteiger charge is 2.13. The summed E-state index contributed by atoms with van der Waals surface area (Å²) in [6, 6.07) is 0.461. The van der Waals surface area contributed by atoms with Crippen molar-refractivity contribution in [1.29, 1.82) is 0 Å². The molecule has 0 aliphatic rings. The molecule has 108 valence electrons. The zero-order chi connectivity index (χ0) is 14.3. The Bertz CT molecular complexity index is 395. The van der Waals surface area contributed by atoms with Gasteiger partial charge in [0.25, 0.3) is 0 Å². The van der Waals surface area contributed by atoms with Crippen molar-refractivity contribution in [1.82, 2.24) is 9.97 Å². The average molecular weight is 282 g/mol. The van der Waals surface area contributed by atoms with Gasteiger partial charge in [0, 0.05) is 30.8 Å². The topological polar surface area (TPSA) is 49.8 Å². The Labute approximate surface area is 121 Å². The molecule has 0 radical (unpaired) electrons. The zero-order valence-electron chi connectivity index (χ0n) is 12.7. The minimum absolute atomic E-state index is 0.461. The molecule has 1 heterocycles. The molecule has 1 unspecified atom stereocenters. The van der Waals surface area contributed by atoms with Crippen LogP contribution < -0.4 is 10.6 Å². The molecule has 0 aromatic carbocycles. The fourth-order valence-corrected chi connectivity index (χ4v) is 2.66. The van der Waals surface area contributed by atoms with Crippen LogP contribution in [0.4, 0.5) is 11.6 Å². The van der Waals surface area contributed by atoms with Gasteiger partial charge >= 0.3 is 0 Å². The largest absolute Gasteiger partial charge is 0.373 e. The number of hydrogen-bond donors (Lipinski definition) is 2. The van der Waals surface area contributed by atoms with Gasteiger partial charge in [-0.1, -0.05) is 13.8 Å². The fraction of sp³-hybridized carbons (Fsp3) is 0.714. The highest BCUT2D eigenvalue weighted by atomic mass is 32.2. The fourth-order valence-electron chi connectivity index (χ4n) is 1.94. The number of anilines is 2. The van der Waals surface area contributed by atoms with E-state index in [2.05, 4.69) is 47.6 Å². The maximum atomic E-state index is 4.67. The summed E-state index contributed by atoms with van der Waals surface area (Å²) in [4.78, 5) is 9.22. The van der Waals surface area contributed by atoms with Crippen LogP contribution in [-0.4, -0.2) is 35.1 Å². The molecular weight excluding hydrogens is 256 g/mol. The number of nitrogens with one attached hydrogen (secondary N) is 2.